The zero-order chi connectivity index (χ0) is 10.4. The van der Waals surface area contributed by atoms with E-state index in [1.165, 1.54) is 25.7 Å². The predicted octanol–water partition coefficient (Wildman–Crippen LogP) is 2.58. The van der Waals surface area contributed by atoms with E-state index in [9.17, 15) is 0 Å². The topological polar surface area (TPSA) is 21.3 Å². The van der Waals surface area contributed by atoms with Crippen molar-refractivity contribution < 1.29 is 4.74 Å². The summed E-state index contributed by atoms with van der Waals surface area (Å²) < 4.78 is 5.95. The van der Waals surface area contributed by atoms with Gasteiger partial charge in [0.2, 0.25) is 0 Å². The third-order valence-electron chi connectivity index (χ3n) is 3.07. The van der Waals surface area contributed by atoms with Gasteiger partial charge >= 0.3 is 0 Å². The van der Waals surface area contributed by atoms with Gasteiger partial charge in [-0.1, -0.05) is 20.3 Å². The average molecular weight is 199 g/mol. The fraction of sp³-hybridized carbons (Fsp3) is 1.00. The van der Waals surface area contributed by atoms with E-state index in [-0.39, 0.29) is 0 Å². The van der Waals surface area contributed by atoms with Crippen molar-refractivity contribution in [2.45, 2.75) is 58.6 Å². The maximum absolute atomic E-state index is 5.95. The van der Waals surface area contributed by atoms with Crippen LogP contribution in [-0.2, 0) is 4.74 Å². The molecule has 0 aromatic carbocycles. The minimum Gasteiger partial charge on any atom is -0.376 e. The molecule has 0 aromatic rings. The van der Waals surface area contributed by atoms with Crippen molar-refractivity contribution in [3.05, 3.63) is 0 Å². The molecule has 0 aromatic heterocycles. The van der Waals surface area contributed by atoms with Crippen LogP contribution in [0.25, 0.3) is 0 Å². The highest BCUT2D eigenvalue weighted by molar-refractivity contribution is 4.78. The molecule has 2 heteroatoms. The lowest BCUT2D eigenvalue weighted by Gasteiger charge is -2.30. The van der Waals surface area contributed by atoms with Gasteiger partial charge in [0.15, 0.2) is 0 Å². The van der Waals surface area contributed by atoms with Gasteiger partial charge in [0, 0.05) is 12.6 Å². The first-order chi connectivity index (χ1) is 6.74. The smallest absolute Gasteiger partial charge is 0.0725 e. The molecule has 3 unspecified atom stereocenters. The monoisotopic (exact) mass is 199 g/mol. The fourth-order valence-electron chi connectivity index (χ4n) is 2.11. The first-order valence-corrected chi connectivity index (χ1v) is 6.09. The quantitative estimate of drug-likeness (QED) is 0.735. The lowest BCUT2D eigenvalue weighted by Crippen LogP contribution is -2.44. The number of piperidine rings is 1. The summed E-state index contributed by atoms with van der Waals surface area (Å²) in [5.41, 5.74) is 0. The van der Waals surface area contributed by atoms with Gasteiger partial charge in [0.05, 0.1) is 6.10 Å². The van der Waals surface area contributed by atoms with Crippen LogP contribution in [0, 0.1) is 5.92 Å². The van der Waals surface area contributed by atoms with Crippen LogP contribution in [0.4, 0.5) is 0 Å². The molecule has 84 valence electrons. The zero-order valence-corrected chi connectivity index (χ0v) is 9.88. The molecular weight excluding hydrogens is 174 g/mol. The minimum atomic E-state index is 0.447. The number of ether oxygens (including phenoxy) is 1. The highest BCUT2D eigenvalue weighted by Gasteiger charge is 2.21. The molecule has 1 aliphatic heterocycles. The van der Waals surface area contributed by atoms with Gasteiger partial charge < -0.3 is 10.1 Å². The summed E-state index contributed by atoms with van der Waals surface area (Å²) >= 11 is 0. The van der Waals surface area contributed by atoms with Crippen LogP contribution in [0.15, 0.2) is 0 Å². The van der Waals surface area contributed by atoms with Crippen LogP contribution in [-0.4, -0.2) is 25.3 Å². The molecular formula is C12H25NO. The van der Waals surface area contributed by atoms with Gasteiger partial charge in [-0.2, -0.15) is 0 Å². The molecule has 0 aliphatic carbocycles. The van der Waals surface area contributed by atoms with Gasteiger partial charge in [-0.3, -0.25) is 0 Å². The highest BCUT2D eigenvalue weighted by atomic mass is 16.5. The first-order valence-electron chi connectivity index (χ1n) is 6.09. The van der Waals surface area contributed by atoms with E-state index in [0.29, 0.717) is 18.1 Å². The second-order valence-corrected chi connectivity index (χ2v) is 4.65. The highest BCUT2D eigenvalue weighted by Crippen LogP contribution is 2.14. The molecule has 1 saturated heterocycles. The summed E-state index contributed by atoms with van der Waals surface area (Å²) in [5, 5.41) is 3.46. The molecule has 2 nitrogen and oxygen atoms in total. The van der Waals surface area contributed by atoms with Crippen LogP contribution in [0.2, 0.25) is 0 Å². The summed E-state index contributed by atoms with van der Waals surface area (Å²) in [6.07, 6.45) is 5.49. The largest absolute Gasteiger partial charge is 0.376 e. The molecule has 0 amide bonds. The Labute approximate surface area is 88.4 Å². The van der Waals surface area contributed by atoms with Crippen molar-refractivity contribution >= 4 is 0 Å². The van der Waals surface area contributed by atoms with Crippen molar-refractivity contribution in [1.29, 1.82) is 0 Å². The number of hydrogen-bond donors (Lipinski definition) is 1. The third-order valence-corrected chi connectivity index (χ3v) is 3.07. The fourth-order valence-corrected chi connectivity index (χ4v) is 2.11. The van der Waals surface area contributed by atoms with Gasteiger partial charge in [0.1, 0.15) is 0 Å². The van der Waals surface area contributed by atoms with E-state index in [4.69, 9.17) is 4.74 Å². The summed E-state index contributed by atoms with van der Waals surface area (Å²) in [6, 6.07) is 0.539. The Morgan fingerprint density at radius 1 is 1.50 bits per heavy atom. The maximum atomic E-state index is 5.95. The van der Waals surface area contributed by atoms with Crippen molar-refractivity contribution in [1.82, 2.24) is 5.32 Å². The van der Waals surface area contributed by atoms with E-state index in [1.54, 1.807) is 0 Å². The molecule has 1 heterocycles. The van der Waals surface area contributed by atoms with Gasteiger partial charge in [0.25, 0.3) is 0 Å². The Bertz CT molecular complexity index is 149. The summed E-state index contributed by atoms with van der Waals surface area (Å²) in [4.78, 5) is 0. The van der Waals surface area contributed by atoms with Crippen molar-refractivity contribution in [2.75, 3.05) is 13.2 Å². The molecule has 1 rings (SSSR count). The standard InChI is InChI=1S/C12H25NO/c1-4-6-10(2)9-14-12-7-5-8-13-11(12)3/h10-13H,4-9H2,1-3H3. The number of rotatable bonds is 5. The normalized spacial score (nSPS) is 30.2. The van der Waals surface area contributed by atoms with E-state index < -0.39 is 0 Å². The lowest BCUT2D eigenvalue weighted by atomic mass is 10.0. The second kappa shape index (κ2) is 6.41. The average Bonchev–Trinajstić information content (AvgIpc) is 2.17. The predicted molar refractivity (Wildman–Crippen MR) is 60.5 cm³/mol. The Kier molecular flexibility index (Phi) is 5.49. The van der Waals surface area contributed by atoms with Crippen LogP contribution < -0.4 is 5.32 Å². The molecule has 1 N–H and O–H groups in total. The summed E-state index contributed by atoms with van der Waals surface area (Å²) in [5.74, 6) is 0.717. The molecule has 0 saturated carbocycles. The Balaban J connectivity index is 2.15. The molecule has 0 radical (unpaired) electrons. The van der Waals surface area contributed by atoms with Crippen molar-refractivity contribution in [2.24, 2.45) is 5.92 Å². The molecule has 14 heavy (non-hydrogen) atoms. The lowest BCUT2D eigenvalue weighted by molar-refractivity contribution is -0.00449. The second-order valence-electron chi connectivity index (χ2n) is 4.65. The molecule has 3 atom stereocenters. The minimum absolute atomic E-state index is 0.447. The SMILES string of the molecule is CCCC(C)COC1CCCNC1C. The number of hydrogen-bond acceptors (Lipinski definition) is 2. The van der Waals surface area contributed by atoms with E-state index >= 15 is 0 Å². The van der Waals surface area contributed by atoms with Crippen molar-refractivity contribution in [3.8, 4) is 0 Å². The van der Waals surface area contributed by atoms with Crippen LogP contribution >= 0.6 is 0 Å². The van der Waals surface area contributed by atoms with Crippen LogP contribution in [0.5, 0.6) is 0 Å². The van der Waals surface area contributed by atoms with E-state index in [2.05, 4.69) is 26.1 Å². The van der Waals surface area contributed by atoms with Crippen molar-refractivity contribution in [3.63, 3.8) is 0 Å². The molecule has 0 spiro atoms. The third kappa shape index (κ3) is 3.97. The molecule has 0 bridgehead atoms. The van der Waals surface area contributed by atoms with Gasteiger partial charge in [-0.15, -0.1) is 0 Å². The van der Waals surface area contributed by atoms with Gasteiger partial charge in [-0.05, 0) is 38.6 Å². The number of nitrogens with one attached hydrogen (secondary N) is 1. The maximum Gasteiger partial charge on any atom is 0.0725 e. The molecule has 1 aliphatic rings. The zero-order valence-electron chi connectivity index (χ0n) is 9.88. The summed E-state index contributed by atoms with van der Waals surface area (Å²) in [7, 11) is 0. The Morgan fingerprint density at radius 3 is 2.93 bits per heavy atom. The van der Waals surface area contributed by atoms with Crippen LogP contribution in [0.1, 0.15) is 46.5 Å². The van der Waals surface area contributed by atoms with Crippen LogP contribution in [0.3, 0.4) is 0 Å². The summed E-state index contributed by atoms with van der Waals surface area (Å²) in [6.45, 7) is 8.84. The molecule has 1 fully saturated rings. The Hall–Kier alpha value is -0.0800. The first kappa shape index (κ1) is 12.0. The van der Waals surface area contributed by atoms with E-state index in [0.717, 1.165) is 13.2 Å². The Morgan fingerprint density at radius 2 is 2.29 bits per heavy atom. The van der Waals surface area contributed by atoms with E-state index in [1.807, 2.05) is 0 Å². The van der Waals surface area contributed by atoms with Gasteiger partial charge in [-0.25, -0.2) is 0 Å².